The number of nitrogens with zero attached hydrogens (tertiary/aromatic N) is 2. The lowest BCUT2D eigenvalue weighted by Crippen LogP contribution is -2.12. The number of ether oxygens (including phenoxy) is 2. The molecule has 4 aromatic rings. The first-order valence-electron chi connectivity index (χ1n) is 9.28. The first-order valence-corrected chi connectivity index (χ1v) is 9.28. The SMILES string of the molecule is COc1ccc(CNCc2ccc(OCc3cn4ccccc4n3)cc2)cc1. The third kappa shape index (κ3) is 4.50. The van der Waals surface area contributed by atoms with E-state index in [1.807, 2.05) is 59.3 Å². The van der Waals surface area contributed by atoms with Gasteiger partial charge in [-0.15, -0.1) is 0 Å². The smallest absolute Gasteiger partial charge is 0.137 e. The van der Waals surface area contributed by atoms with E-state index in [0.717, 1.165) is 35.9 Å². The van der Waals surface area contributed by atoms with E-state index in [9.17, 15) is 0 Å². The molecule has 0 aliphatic rings. The minimum Gasteiger partial charge on any atom is -0.497 e. The van der Waals surface area contributed by atoms with Gasteiger partial charge >= 0.3 is 0 Å². The highest BCUT2D eigenvalue weighted by molar-refractivity contribution is 5.39. The fourth-order valence-corrected chi connectivity index (χ4v) is 3.01. The number of aromatic nitrogens is 2. The molecule has 0 unspecified atom stereocenters. The second kappa shape index (κ2) is 8.59. The fraction of sp³-hybridized carbons (Fsp3) is 0.174. The molecule has 0 amide bonds. The third-order valence-electron chi connectivity index (χ3n) is 4.54. The molecule has 142 valence electrons. The Balaban J connectivity index is 1.26. The highest BCUT2D eigenvalue weighted by Crippen LogP contribution is 2.15. The number of rotatable bonds is 8. The van der Waals surface area contributed by atoms with E-state index in [-0.39, 0.29) is 0 Å². The van der Waals surface area contributed by atoms with Crippen molar-refractivity contribution in [1.82, 2.24) is 14.7 Å². The van der Waals surface area contributed by atoms with Crippen LogP contribution in [0.15, 0.2) is 79.1 Å². The van der Waals surface area contributed by atoms with E-state index >= 15 is 0 Å². The van der Waals surface area contributed by atoms with E-state index in [1.165, 1.54) is 11.1 Å². The summed E-state index contributed by atoms with van der Waals surface area (Å²) < 4.78 is 13.0. The van der Waals surface area contributed by atoms with Crippen molar-refractivity contribution in [2.75, 3.05) is 7.11 Å². The lowest BCUT2D eigenvalue weighted by atomic mass is 10.2. The minimum atomic E-state index is 0.455. The van der Waals surface area contributed by atoms with Crippen LogP contribution in [0.1, 0.15) is 16.8 Å². The van der Waals surface area contributed by atoms with Crippen LogP contribution in [0.4, 0.5) is 0 Å². The van der Waals surface area contributed by atoms with Gasteiger partial charge in [0, 0.05) is 25.5 Å². The summed E-state index contributed by atoms with van der Waals surface area (Å²) >= 11 is 0. The van der Waals surface area contributed by atoms with E-state index in [4.69, 9.17) is 9.47 Å². The van der Waals surface area contributed by atoms with Crippen LogP contribution in [0, 0.1) is 0 Å². The summed E-state index contributed by atoms with van der Waals surface area (Å²) in [6.45, 7) is 2.08. The Bertz CT molecular complexity index is 991. The molecule has 2 aromatic carbocycles. The van der Waals surface area contributed by atoms with Crippen molar-refractivity contribution >= 4 is 5.65 Å². The van der Waals surface area contributed by atoms with Crippen LogP contribution in [-0.2, 0) is 19.7 Å². The molecule has 0 fully saturated rings. The van der Waals surface area contributed by atoms with Gasteiger partial charge in [0.25, 0.3) is 0 Å². The highest BCUT2D eigenvalue weighted by Gasteiger charge is 2.02. The van der Waals surface area contributed by atoms with Gasteiger partial charge in [-0.1, -0.05) is 30.3 Å². The number of hydrogen-bond donors (Lipinski definition) is 1. The maximum atomic E-state index is 5.86. The Kier molecular flexibility index (Phi) is 5.54. The lowest BCUT2D eigenvalue weighted by Gasteiger charge is -2.08. The maximum absolute atomic E-state index is 5.86. The second-order valence-electron chi connectivity index (χ2n) is 6.58. The fourth-order valence-electron chi connectivity index (χ4n) is 3.01. The van der Waals surface area contributed by atoms with Crippen LogP contribution in [0.3, 0.4) is 0 Å². The molecule has 5 heteroatoms. The summed E-state index contributed by atoms with van der Waals surface area (Å²) in [6.07, 6.45) is 3.98. The number of hydrogen-bond acceptors (Lipinski definition) is 4. The number of benzene rings is 2. The second-order valence-corrected chi connectivity index (χ2v) is 6.58. The Hall–Kier alpha value is -3.31. The van der Waals surface area contributed by atoms with Gasteiger partial charge in [-0.2, -0.15) is 0 Å². The summed E-state index contributed by atoms with van der Waals surface area (Å²) in [4.78, 5) is 4.55. The van der Waals surface area contributed by atoms with Gasteiger partial charge in [-0.3, -0.25) is 0 Å². The molecule has 0 aliphatic carbocycles. The van der Waals surface area contributed by atoms with Gasteiger partial charge in [-0.25, -0.2) is 4.98 Å². The Morgan fingerprint density at radius 2 is 1.54 bits per heavy atom. The number of imidazole rings is 1. The minimum absolute atomic E-state index is 0.455. The molecule has 1 N–H and O–H groups in total. The Morgan fingerprint density at radius 3 is 2.18 bits per heavy atom. The topological polar surface area (TPSA) is 47.8 Å². The Labute approximate surface area is 164 Å². The summed E-state index contributed by atoms with van der Waals surface area (Å²) in [5, 5.41) is 3.45. The highest BCUT2D eigenvalue weighted by atomic mass is 16.5. The number of methoxy groups -OCH3 is 1. The van der Waals surface area contributed by atoms with Crippen molar-refractivity contribution in [2.45, 2.75) is 19.7 Å². The molecule has 0 aliphatic heterocycles. The predicted molar refractivity (Wildman–Crippen MR) is 110 cm³/mol. The molecular weight excluding hydrogens is 350 g/mol. The van der Waals surface area contributed by atoms with Gasteiger partial charge in [0.05, 0.1) is 12.8 Å². The zero-order valence-electron chi connectivity index (χ0n) is 15.8. The maximum Gasteiger partial charge on any atom is 0.137 e. The summed E-state index contributed by atoms with van der Waals surface area (Å²) in [6, 6.07) is 22.2. The molecule has 0 radical (unpaired) electrons. The molecule has 0 spiro atoms. The van der Waals surface area contributed by atoms with Crippen molar-refractivity contribution in [1.29, 1.82) is 0 Å². The van der Waals surface area contributed by atoms with Crippen molar-refractivity contribution in [3.63, 3.8) is 0 Å². The lowest BCUT2D eigenvalue weighted by molar-refractivity contribution is 0.302. The van der Waals surface area contributed by atoms with Crippen molar-refractivity contribution in [3.8, 4) is 11.5 Å². The van der Waals surface area contributed by atoms with E-state index < -0.39 is 0 Å². The van der Waals surface area contributed by atoms with E-state index in [2.05, 4.69) is 34.6 Å². The molecule has 4 rings (SSSR count). The Morgan fingerprint density at radius 1 is 0.857 bits per heavy atom. The summed E-state index contributed by atoms with van der Waals surface area (Å²) in [5.74, 6) is 1.72. The van der Waals surface area contributed by atoms with Gasteiger partial charge in [0.2, 0.25) is 0 Å². The molecule has 0 saturated carbocycles. The van der Waals surface area contributed by atoms with Crippen LogP contribution in [-0.4, -0.2) is 16.5 Å². The zero-order valence-corrected chi connectivity index (χ0v) is 15.8. The third-order valence-corrected chi connectivity index (χ3v) is 4.54. The van der Waals surface area contributed by atoms with Gasteiger partial charge in [0.1, 0.15) is 23.8 Å². The zero-order chi connectivity index (χ0) is 19.2. The van der Waals surface area contributed by atoms with Crippen LogP contribution in [0.5, 0.6) is 11.5 Å². The number of nitrogens with one attached hydrogen (secondary N) is 1. The van der Waals surface area contributed by atoms with Gasteiger partial charge in [-0.05, 0) is 47.5 Å². The molecule has 2 aromatic heterocycles. The number of fused-ring (bicyclic) bond motifs is 1. The molecule has 0 saturated heterocycles. The van der Waals surface area contributed by atoms with Crippen LogP contribution in [0.2, 0.25) is 0 Å². The molecule has 0 atom stereocenters. The first-order chi connectivity index (χ1) is 13.8. The van der Waals surface area contributed by atoms with Crippen molar-refractivity contribution < 1.29 is 9.47 Å². The summed E-state index contributed by atoms with van der Waals surface area (Å²) in [7, 11) is 1.68. The van der Waals surface area contributed by atoms with Crippen LogP contribution >= 0.6 is 0 Å². The molecule has 0 bridgehead atoms. The largest absolute Gasteiger partial charge is 0.497 e. The normalized spacial score (nSPS) is 10.9. The average Bonchev–Trinajstić information content (AvgIpc) is 3.17. The van der Waals surface area contributed by atoms with E-state index in [1.54, 1.807) is 7.11 Å². The van der Waals surface area contributed by atoms with Gasteiger partial charge < -0.3 is 19.2 Å². The van der Waals surface area contributed by atoms with E-state index in [0.29, 0.717) is 6.61 Å². The van der Waals surface area contributed by atoms with Crippen molar-refractivity contribution in [2.24, 2.45) is 0 Å². The van der Waals surface area contributed by atoms with Crippen LogP contribution < -0.4 is 14.8 Å². The monoisotopic (exact) mass is 373 g/mol. The number of pyridine rings is 1. The van der Waals surface area contributed by atoms with Crippen LogP contribution in [0.25, 0.3) is 5.65 Å². The predicted octanol–water partition coefficient (Wildman–Crippen LogP) is 4.21. The molecular formula is C23H23N3O2. The quantitative estimate of drug-likeness (QED) is 0.503. The van der Waals surface area contributed by atoms with Gasteiger partial charge in [0.15, 0.2) is 0 Å². The molecule has 28 heavy (non-hydrogen) atoms. The first kappa shape index (κ1) is 18.1. The molecule has 2 heterocycles. The average molecular weight is 373 g/mol. The molecule has 5 nitrogen and oxygen atoms in total. The standard InChI is InChI=1S/C23H23N3O2/c1-27-21-9-5-18(6-10-21)14-24-15-19-7-11-22(12-8-19)28-17-20-16-26-13-3-2-4-23(26)25-20/h2-13,16,24H,14-15,17H2,1H3. The summed E-state index contributed by atoms with van der Waals surface area (Å²) in [5.41, 5.74) is 4.29. The van der Waals surface area contributed by atoms with Crippen molar-refractivity contribution in [3.05, 3.63) is 95.9 Å².